The smallest absolute Gasteiger partial charge is 0.273 e. The summed E-state index contributed by atoms with van der Waals surface area (Å²) in [6, 6.07) is 3.76. The van der Waals surface area contributed by atoms with E-state index < -0.39 is 34.8 Å². The Bertz CT molecular complexity index is 920. The number of anilines is 1. The molecule has 1 atom stereocenters. The van der Waals surface area contributed by atoms with Crippen molar-refractivity contribution in [3.05, 3.63) is 57.3 Å². The van der Waals surface area contributed by atoms with Gasteiger partial charge >= 0.3 is 0 Å². The summed E-state index contributed by atoms with van der Waals surface area (Å²) in [4.78, 5) is 32.5. The fraction of sp³-hybridized carbons (Fsp3) is 0.421. The van der Waals surface area contributed by atoms with Gasteiger partial charge in [0, 0.05) is 27.1 Å². The number of aromatic amines is 1. The average Bonchev–Trinajstić information content (AvgIpc) is 2.57. The minimum atomic E-state index is -3.31. The van der Waals surface area contributed by atoms with Crippen molar-refractivity contribution in [2.24, 2.45) is 5.92 Å². The van der Waals surface area contributed by atoms with Crippen molar-refractivity contribution >= 4 is 11.9 Å². The van der Waals surface area contributed by atoms with E-state index in [-0.39, 0.29) is 17.6 Å². The van der Waals surface area contributed by atoms with Gasteiger partial charge in [-0.1, -0.05) is 19.9 Å². The molecule has 6 nitrogen and oxygen atoms in total. The summed E-state index contributed by atoms with van der Waals surface area (Å²) >= 11 is 0. The number of H-pyrrole nitrogens is 1. The standard InChI is InChI=1S/C19H23F3N4O2/c1-10(2)16(11-6-7-12(13(20)8-11)19(3,21)22)25-17(28)14-9-15(27)24-18(23-14)26(4)5/h6-10,16H,1-5H3,(H,25,28)(H,23,24,27). The highest BCUT2D eigenvalue weighted by Crippen LogP contribution is 2.32. The van der Waals surface area contributed by atoms with Crippen molar-refractivity contribution in [3.8, 4) is 0 Å². The van der Waals surface area contributed by atoms with Crippen LogP contribution in [0.15, 0.2) is 29.1 Å². The van der Waals surface area contributed by atoms with E-state index in [0.717, 1.165) is 18.2 Å². The van der Waals surface area contributed by atoms with Crippen LogP contribution in [-0.4, -0.2) is 30.0 Å². The predicted molar refractivity (Wildman–Crippen MR) is 100 cm³/mol. The van der Waals surface area contributed by atoms with Crippen LogP contribution in [-0.2, 0) is 5.92 Å². The maximum atomic E-state index is 14.2. The lowest BCUT2D eigenvalue weighted by atomic mass is 9.94. The Labute approximate surface area is 160 Å². The number of carbonyl (C=O) groups excluding carboxylic acids is 1. The van der Waals surface area contributed by atoms with E-state index in [9.17, 15) is 22.8 Å². The first kappa shape index (κ1) is 21.5. The highest BCUT2D eigenvalue weighted by Gasteiger charge is 2.29. The van der Waals surface area contributed by atoms with Crippen LogP contribution in [0.25, 0.3) is 0 Å². The molecule has 152 valence electrons. The normalized spacial score (nSPS) is 12.8. The molecule has 1 aromatic carbocycles. The molecule has 0 fully saturated rings. The highest BCUT2D eigenvalue weighted by atomic mass is 19.3. The van der Waals surface area contributed by atoms with Gasteiger partial charge in [-0.25, -0.2) is 18.2 Å². The molecule has 9 heteroatoms. The van der Waals surface area contributed by atoms with Gasteiger partial charge in [-0.15, -0.1) is 0 Å². The fourth-order valence-corrected chi connectivity index (χ4v) is 2.70. The molecule has 1 unspecified atom stereocenters. The summed E-state index contributed by atoms with van der Waals surface area (Å²) in [5.41, 5.74) is -0.968. The van der Waals surface area contributed by atoms with Gasteiger partial charge in [0.15, 0.2) is 0 Å². The predicted octanol–water partition coefficient (Wildman–Crippen LogP) is 3.21. The van der Waals surface area contributed by atoms with E-state index >= 15 is 0 Å². The summed E-state index contributed by atoms with van der Waals surface area (Å²) in [7, 11) is 3.31. The molecule has 2 aromatic rings. The van der Waals surface area contributed by atoms with Crippen LogP contribution >= 0.6 is 0 Å². The van der Waals surface area contributed by atoms with Crippen molar-refractivity contribution in [1.29, 1.82) is 0 Å². The van der Waals surface area contributed by atoms with Crippen molar-refractivity contribution in [2.45, 2.75) is 32.7 Å². The molecule has 0 aliphatic rings. The molecule has 0 aliphatic carbocycles. The lowest BCUT2D eigenvalue weighted by molar-refractivity contribution is 0.0137. The average molecular weight is 396 g/mol. The summed E-state index contributed by atoms with van der Waals surface area (Å²) in [5, 5.41) is 2.70. The molecular formula is C19H23F3N4O2. The first-order valence-corrected chi connectivity index (χ1v) is 8.67. The van der Waals surface area contributed by atoms with Crippen LogP contribution < -0.4 is 15.8 Å². The monoisotopic (exact) mass is 396 g/mol. The quantitative estimate of drug-likeness (QED) is 0.786. The molecule has 1 amide bonds. The van der Waals surface area contributed by atoms with E-state index in [0.29, 0.717) is 12.5 Å². The van der Waals surface area contributed by atoms with Gasteiger partial charge in [-0.05, 0) is 23.6 Å². The number of hydrogen-bond acceptors (Lipinski definition) is 4. The second kappa shape index (κ2) is 8.04. The summed E-state index contributed by atoms with van der Waals surface area (Å²) in [5.74, 6) is -4.95. The molecule has 2 N–H and O–H groups in total. The van der Waals surface area contributed by atoms with Gasteiger partial charge in [-0.2, -0.15) is 0 Å². The first-order chi connectivity index (χ1) is 12.9. The first-order valence-electron chi connectivity index (χ1n) is 8.67. The van der Waals surface area contributed by atoms with E-state index in [1.165, 1.54) is 11.0 Å². The molecule has 0 saturated carbocycles. The molecule has 0 bridgehead atoms. The lowest BCUT2D eigenvalue weighted by Gasteiger charge is -2.24. The van der Waals surface area contributed by atoms with Crippen molar-refractivity contribution in [3.63, 3.8) is 0 Å². The highest BCUT2D eigenvalue weighted by molar-refractivity contribution is 5.92. The molecule has 1 heterocycles. The molecule has 0 saturated heterocycles. The van der Waals surface area contributed by atoms with E-state index in [1.807, 2.05) is 0 Å². The zero-order chi connectivity index (χ0) is 21.2. The zero-order valence-electron chi connectivity index (χ0n) is 16.3. The maximum Gasteiger partial charge on any atom is 0.273 e. The Hall–Kier alpha value is -2.84. The number of halogens is 3. The van der Waals surface area contributed by atoms with Crippen LogP contribution in [0.4, 0.5) is 19.1 Å². The van der Waals surface area contributed by atoms with Crippen molar-refractivity contribution in [2.75, 3.05) is 19.0 Å². The maximum absolute atomic E-state index is 14.2. The molecule has 2 rings (SSSR count). The van der Waals surface area contributed by atoms with Crippen LogP contribution in [0.3, 0.4) is 0 Å². The van der Waals surface area contributed by atoms with Crippen molar-refractivity contribution < 1.29 is 18.0 Å². The fourth-order valence-electron chi connectivity index (χ4n) is 2.70. The lowest BCUT2D eigenvalue weighted by Crippen LogP contribution is -2.34. The Morgan fingerprint density at radius 2 is 1.89 bits per heavy atom. The minimum absolute atomic E-state index is 0.102. The third kappa shape index (κ3) is 4.90. The third-order valence-corrected chi connectivity index (χ3v) is 4.16. The Kier molecular flexibility index (Phi) is 6.16. The number of rotatable bonds is 6. The number of carbonyl (C=O) groups is 1. The van der Waals surface area contributed by atoms with Gasteiger partial charge in [0.1, 0.15) is 11.5 Å². The number of nitrogens with zero attached hydrogens (tertiary/aromatic N) is 2. The number of nitrogens with one attached hydrogen (secondary N) is 2. The largest absolute Gasteiger partial charge is 0.348 e. The summed E-state index contributed by atoms with van der Waals surface area (Å²) in [6.45, 7) is 4.21. The zero-order valence-corrected chi connectivity index (χ0v) is 16.3. The van der Waals surface area contributed by atoms with Crippen LogP contribution in [0.5, 0.6) is 0 Å². The second-order valence-corrected chi connectivity index (χ2v) is 7.17. The van der Waals surface area contributed by atoms with Gasteiger partial charge in [0.05, 0.1) is 11.6 Å². The van der Waals surface area contributed by atoms with Gasteiger partial charge in [0.2, 0.25) is 5.95 Å². The van der Waals surface area contributed by atoms with Crippen LogP contribution in [0.2, 0.25) is 0 Å². The molecule has 0 radical (unpaired) electrons. The number of amides is 1. The Balaban J connectivity index is 2.35. The molecule has 0 aliphatic heterocycles. The van der Waals surface area contributed by atoms with E-state index in [1.54, 1.807) is 27.9 Å². The Morgan fingerprint density at radius 3 is 2.39 bits per heavy atom. The third-order valence-electron chi connectivity index (χ3n) is 4.16. The Morgan fingerprint density at radius 1 is 1.25 bits per heavy atom. The summed E-state index contributed by atoms with van der Waals surface area (Å²) < 4.78 is 41.0. The van der Waals surface area contributed by atoms with Gasteiger partial charge in [-0.3, -0.25) is 14.6 Å². The molecule has 28 heavy (non-hydrogen) atoms. The van der Waals surface area contributed by atoms with E-state index in [2.05, 4.69) is 15.3 Å². The molecule has 0 spiro atoms. The number of alkyl halides is 2. The van der Waals surface area contributed by atoms with Gasteiger partial charge in [0.25, 0.3) is 17.4 Å². The van der Waals surface area contributed by atoms with Crippen LogP contribution in [0, 0.1) is 11.7 Å². The van der Waals surface area contributed by atoms with E-state index in [4.69, 9.17) is 0 Å². The molecule has 1 aromatic heterocycles. The second-order valence-electron chi connectivity index (χ2n) is 7.17. The van der Waals surface area contributed by atoms with Gasteiger partial charge < -0.3 is 10.2 Å². The number of aromatic nitrogens is 2. The van der Waals surface area contributed by atoms with Crippen LogP contribution in [0.1, 0.15) is 48.4 Å². The molecular weight excluding hydrogens is 373 g/mol. The summed E-state index contributed by atoms with van der Waals surface area (Å²) in [6.07, 6.45) is 0. The number of hydrogen-bond donors (Lipinski definition) is 2. The topological polar surface area (TPSA) is 78.1 Å². The minimum Gasteiger partial charge on any atom is -0.348 e. The number of benzene rings is 1. The SMILES string of the molecule is CC(C)C(NC(=O)c1cc(=O)[nH]c(N(C)C)n1)c1ccc(C(C)(F)F)c(F)c1. The van der Waals surface area contributed by atoms with Crippen molar-refractivity contribution in [1.82, 2.24) is 15.3 Å².